The van der Waals surface area contributed by atoms with Crippen molar-refractivity contribution >= 4 is 11.4 Å². The standard InChI is InChI=1S/C14H19FN2O/c1-13(2,3)14-5-4-9(18-14)7-6-8(16)12(17)11(15)10(7)14/h6,9H,4-5,16-17H2,1-3H3/t9?,14-/m1/s1. The van der Waals surface area contributed by atoms with E-state index in [1.54, 1.807) is 6.07 Å². The van der Waals surface area contributed by atoms with Crippen LogP contribution in [-0.2, 0) is 10.3 Å². The molecule has 1 saturated heterocycles. The maximum absolute atomic E-state index is 14.5. The summed E-state index contributed by atoms with van der Waals surface area (Å²) in [5.41, 5.74) is 12.7. The van der Waals surface area contributed by atoms with E-state index in [4.69, 9.17) is 16.2 Å². The van der Waals surface area contributed by atoms with Gasteiger partial charge in [0.25, 0.3) is 0 Å². The molecule has 0 aromatic heterocycles. The molecule has 1 aromatic rings. The van der Waals surface area contributed by atoms with Crippen molar-refractivity contribution in [2.75, 3.05) is 11.5 Å². The van der Waals surface area contributed by atoms with E-state index < -0.39 is 5.60 Å². The average Bonchev–Trinajstić information content (AvgIpc) is 2.82. The third-order valence-corrected chi connectivity index (χ3v) is 4.43. The molecule has 1 fully saturated rings. The molecule has 3 nitrogen and oxygen atoms in total. The summed E-state index contributed by atoms with van der Waals surface area (Å²) in [5, 5.41) is 0. The molecule has 18 heavy (non-hydrogen) atoms. The van der Waals surface area contributed by atoms with Crippen molar-refractivity contribution in [1.29, 1.82) is 0 Å². The van der Waals surface area contributed by atoms with Crippen molar-refractivity contribution < 1.29 is 9.13 Å². The van der Waals surface area contributed by atoms with Crippen LogP contribution in [0.5, 0.6) is 0 Å². The van der Waals surface area contributed by atoms with Gasteiger partial charge in [-0.15, -0.1) is 0 Å². The van der Waals surface area contributed by atoms with E-state index in [1.807, 2.05) is 0 Å². The van der Waals surface area contributed by atoms with E-state index in [0.29, 0.717) is 11.3 Å². The van der Waals surface area contributed by atoms with Gasteiger partial charge in [0.05, 0.1) is 17.5 Å². The van der Waals surface area contributed by atoms with Gasteiger partial charge in [-0.2, -0.15) is 0 Å². The maximum atomic E-state index is 14.5. The molecule has 98 valence electrons. The first-order chi connectivity index (χ1) is 8.28. The van der Waals surface area contributed by atoms with Crippen LogP contribution in [-0.4, -0.2) is 0 Å². The van der Waals surface area contributed by atoms with Crippen LogP contribution in [0, 0.1) is 11.2 Å². The number of halogens is 1. The molecule has 2 heterocycles. The molecule has 1 unspecified atom stereocenters. The zero-order valence-corrected chi connectivity index (χ0v) is 11.0. The molecule has 0 amide bonds. The highest BCUT2D eigenvalue weighted by molar-refractivity contribution is 5.69. The van der Waals surface area contributed by atoms with Crippen LogP contribution >= 0.6 is 0 Å². The van der Waals surface area contributed by atoms with Gasteiger partial charge < -0.3 is 16.2 Å². The van der Waals surface area contributed by atoms with Gasteiger partial charge in [-0.1, -0.05) is 20.8 Å². The zero-order chi connectivity index (χ0) is 13.3. The normalized spacial score (nSPS) is 29.7. The number of benzene rings is 1. The van der Waals surface area contributed by atoms with Crippen LogP contribution in [0.3, 0.4) is 0 Å². The minimum atomic E-state index is -0.557. The number of nitrogen functional groups attached to an aromatic ring is 2. The highest BCUT2D eigenvalue weighted by atomic mass is 19.1. The second-order valence-electron chi connectivity index (χ2n) is 6.38. The van der Waals surface area contributed by atoms with Crippen molar-refractivity contribution in [2.24, 2.45) is 5.41 Å². The first kappa shape index (κ1) is 11.8. The van der Waals surface area contributed by atoms with Gasteiger partial charge in [-0.3, -0.25) is 0 Å². The lowest BCUT2D eigenvalue weighted by molar-refractivity contribution is -0.0966. The Kier molecular flexibility index (Phi) is 2.08. The molecule has 4 N–H and O–H groups in total. The van der Waals surface area contributed by atoms with Crippen LogP contribution < -0.4 is 11.5 Å². The Bertz CT molecular complexity index is 536. The minimum Gasteiger partial charge on any atom is -0.397 e. The summed E-state index contributed by atoms with van der Waals surface area (Å²) in [6.45, 7) is 6.24. The van der Waals surface area contributed by atoms with Gasteiger partial charge in [-0.25, -0.2) is 4.39 Å². The predicted octanol–water partition coefficient (Wildman–Crippen LogP) is 3.10. The largest absolute Gasteiger partial charge is 0.397 e. The van der Waals surface area contributed by atoms with E-state index in [9.17, 15) is 4.39 Å². The number of fused-ring (bicyclic) bond motifs is 5. The average molecular weight is 250 g/mol. The highest BCUT2D eigenvalue weighted by Crippen LogP contribution is 2.63. The van der Waals surface area contributed by atoms with Crippen molar-refractivity contribution in [3.63, 3.8) is 0 Å². The van der Waals surface area contributed by atoms with Gasteiger partial charge in [0.1, 0.15) is 5.60 Å². The van der Waals surface area contributed by atoms with Crippen LogP contribution in [0.15, 0.2) is 6.07 Å². The van der Waals surface area contributed by atoms with E-state index >= 15 is 0 Å². The van der Waals surface area contributed by atoms with Gasteiger partial charge in [0.15, 0.2) is 5.82 Å². The molecule has 2 bridgehead atoms. The fourth-order valence-corrected chi connectivity index (χ4v) is 3.39. The van der Waals surface area contributed by atoms with Crippen molar-refractivity contribution in [2.45, 2.75) is 45.3 Å². The Hall–Kier alpha value is -1.29. The van der Waals surface area contributed by atoms with Crippen molar-refractivity contribution in [1.82, 2.24) is 0 Å². The molecular formula is C14H19FN2O. The molecule has 0 spiro atoms. The summed E-state index contributed by atoms with van der Waals surface area (Å²) in [5.74, 6) is -0.387. The topological polar surface area (TPSA) is 61.3 Å². The van der Waals surface area contributed by atoms with Crippen LogP contribution in [0.25, 0.3) is 0 Å². The van der Waals surface area contributed by atoms with E-state index in [2.05, 4.69) is 20.8 Å². The summed E-state index contributed by atoms with van der Waals surface area (Å²) in [6, 6.07) is 1.78. The van der Waals surface area contributed by atoms with E-state index in [0.717, 1.165) is 18.4 Å². The van der Waals surface area contributed by atoms with Crippen LogP contribution in [0.2, 0.25) is 0 Å². The number of hydrogen-bond acceptors (Lipinski definition) is 3. The summed E-state index contributed by atoms with van der Waals surface area (Å²) in [4.78, 5) is 0. The maximum Gasteiger partial charge on any atom is 0.154 e. The Morgan fingerprint density at radius 2 is 2.06 bits per heavy atom. The Morgan fingerprint density at radius 1 is 1.39 bits per heavy atom. The van der Waals surface area contributed by atoms with Crippen molar-refractivity contribution in [3.8, 4) is 0 Å². The molecule has 2 aliphatic heterocycles. The Morgan fingerprint density at radius 3 is 2.67 bits per heavy atom. The summed E-state index contributed by atoms with van der Waals surface area (Å²) < 4.78 is 20.6. The number of rotatable bonds is 0. The highest BCUT2D eigenvalue weighted by Gasteiger charge is 2.58. The molecule has 0 aliphatic carbocycles. The van der Waals surface area contributed by atoms with Crippen LogP contribution in [0.4, 0.5) is 15.8 Å². The van der Waals surface area contributed by atoms with Gasteiger partial charge >= 0.3 is 0 Å². The monoisotopic (exact) mass is 250 g/mol. The predicted molar refractivity (Wildman–Crippen MR) is 69.4 cm³/mol. The first-order valence-electron chi connectivity index (χ1n) is 6.33. The third kappa shape index (κ3) is 1.17. The lowest BCUT2D eigenvalue weighted by Crippen LogP contribution is -2.39. The third-order valence-electron chi connectivity index (χ3n) is 4.43. The quantitative estimate of drug-likeness (QED) is 0.695. The zero-order valence-electron chi connectivity index (χ0n) is 11.0. The first-order valence-corrected chi connectivity index (χ1v) is 6.33. The number of hydrogen-bond donors (Lipinski definition) is 2. The fourth-order valence-electron chi connectivity index (χ4n) is 3.39. The smallest absolute Gasteiger partial charge is 0.154 e. The molecule has 1 aromatic carbocycles. The lowest BCUT2D eigenvalue weighted by Gasteiger charge is -2.40. The molecule has 0 saturated carbocycles. The van der Waals surface area contributed by atoms with Gasteiger partial charge in [0.2, 0.25) is 0 Å². The Labute approximate surface area is 106 Å². The molecule has 0 radical (unpaired) electrons. The molecule has 2 atom stereocenters. The molecule has 2 aliphatic rings. The second kappa shape index (κ2) is 3.18. The van der Waals surface area contributed by atoms with Crippen molar-refractivity contribution in [3.05, 3.63) is 23.0 Å². The van der Waals surface area contributed by atoms with E-state index in [-0.39, 0.29) is 23.0 Å². The van der Waals surface area contributed by atoms with Gasteiger partial charge in [-0.05, 0) is 29.9 Å². The second-order valence-corrected chi connectivity index (χ2v) is 6.38. The number of ether oxygens (including phenoxy) is 1. The van der Waals surface area contributed by atoms with Gasteiger partial charge in [0, 0.05) is 5.56 Å². The lowest BCUT2D eigenvalue weighted by atomic mass is 9.67. The summed E-state index contributed by atoms with van der Waals surface area (Å²) in [7, 11) is 0. The SMILES string of the molecule is CC(C)(C)[C@]12CCC(O1)c1cc(N)c(N)c(F)c12. The van der Waals surface area contributed by atoms with E-state index in [1.165, 1.54) is 0 Å². The molecule has 4 heteroatoms. The summed E-state index contributed by atoms with van der Waals surface area (Å²) >= 11 is 0. The van der Waals surface area contributed by atoms with Crippen LogP contribution in [0.1, 0.15) is 50.8 Å². The number of nitrogens with two attached hydrogens (primary N) is 2. The Balaban J connectivity index is 2.32. The molecular weight excluding hydrogens is 231 g/mol. The number of anilines is 2. The summed E-state index contributed by atoms with van der Waals surface area (Å²) in [6.07, 6.45) is 1.73. The minimum absolute atomic E-state index is 0.0309. The fraction of sp³-hybridized carbons (Fsp3) is 0.571. The molecule has 3 rings (SSSR count).